The van der Waals surface area contributed by atoms with E-state index in [1.807, 2.05) is 23.6 Å². The van der Waals surface area contributed by atoms with Gasteiger partial charge in [-0.25, -0.2) is 4.98 Å². The van der Waals surface area contributed by atoms with Crippen LogP contribution in [0.3, 0.4) is 0 Å². The predicted molar refractivity (Wildman–Crippen MR) is 90.5 cm³/mol. The van der Waals surface area contributed by atoms with Crippen molar-refractivity contribution in [1.29, 1.82) is 0 Å². The van der Waals surface area contributed by atoms with Gasteiger partial charge in [-0.3, -0.25) is 0 Å². The molecule has 3 heteroatoms. The molecule has 1 heterocycles. The molecule has 1 aromatic heterocycles. The molecule has 0 saturated heterocycles. The minimum atomic E-state index is -0.0545. The Balaban J connectivity index is 1.81. The van der Waals surface area contributed by atoms with Crippen molar-refractivity contribution in [2.75, 3.05) is 0 Å². The number of thiazole rings is 1. The fourth-order valence-electron chi connectivity index (χ4n) is 2.91. The van der Waals surface area contributed by atoms with Crippen molar-refractivity contribution < 1.29 is 0 Å². The highest BCUT2D eigenvalue weighted by Crippen LogP contribution is 2.46. The summed E-state index contributed by atoms with van der Waals surface area (Å²) in [7, 11) is 0. The van der Waals surface area contributed by atoms with E-state index in [-0.39, 0.29) is 5.54 Å². The topological polar surface area (TPSA) is 38.9 Å². The molecule has 2 N–H and O–H groups in total. The third-order valence-corrected chi connectivity index (χ3v) is 5.95. The van der Waals surface area contributed by atoms with E-state index >= 15 is 0 Å². The van der Waals surface area contributed by atoms with Gasteiger partial charge < -0.3 is 5.73 Å². The Morgan fingerprint density at radius 2 is 2.33 bits per heavy atom. The van der Waals surface area contributed by atoms with Crippen LogP contribution in [0.5, 0.6) is 0 Å². The van der Waals surface area contributed by atoms with Gasteiger partial charge in [0.15, 0.2) is 0 Å². The third kappa shape index (κ3) is 3.46. The maximum Gasteiger partial charge on any atom is 0.1000 e. The molecule has 0 spiro atoms. The van der Waals surface area contributed by atoms with Gasteiger partial charge >= 0.3 is 0 Å². The van der Waals surface area contributed by atoms with E-state index in [2.05, 4.69) is 24.6 Å². The van der Waals surface area contributed by atoms with Crippen molar-refractivity contribution in [2.24, 2.45) is 11.7 Å². The fourth-order valence-corrected chi connectivity index (χ4v) is 4.07. The SMILES string of the molecule is C=CCC(/C=C(\CCC)C1CC1)c1ncc(C2(N)CC2)s1. The first kappa shape index (κ1) is 15.0. The number of hydrogen-bond acceptors (Lipinski definition) is 3. The van der Waals surface area contributed by atoms with E-state index < -0.39 is 0 Å². The smallest absolute Gasteiger partial charge is 0.1000 e. The van der Waals surface area contributed by atoms with E-state index in [9.17, 15) is 0 Å². The highest BCUT2D eigenvalue weighted by molar-refractivity contribution is 7.11. The van der Waals surface area contributed by atoms with Gasteiger partial charge in [-0.2, -0.15) is 0 Å². The first-order valence-corrected chi connectivity index (χ1v) is 9.04. The minimum absolute atomic E-state index is 0.0545. The highest BCUT2D eigenvalue weighted by Gasteiger charge is 2.42. The summed E-state index contributed by atoms with van der Waals surface area (Å²) in [5.74, 6) is 1.24. The van der Waals surface area contributed by atoms with Crippen LogP contribution in [0.25, 0.3) is 0 Å². The Bertz CT molecular complexity index is 535. The average molecular weight is 302 g/mol. The minimum Gasteiger partial charge on any atom is -0.321 e. The summed E-state index contributed by atoms with van der Waals surface area (Å²) in [5, 5.41) is 1.22. The summed E-state index contributed by atoms with van der Waals surface area (Å²) in [6, 6.07) is 0. The maximum absolute atomic E-state index is 6.30. The van der Waals surface area contributed by atoms with Gasteiger partial charge in [0.05, 0.1) is 10.5 Å². The van der Waals surface area contributed by atoms with Gasteiger partial charge in [-0.15, -0.1) is 17.9 Å². The van der Waals surface area contributed by atoms with E-state index in [1.54, 1.807) is 5.57 Å². The molecule has 2 aliphatic rings. The standard InChI is InChI=1S/C18H26N2S/c1-3-5-14(13-7-8-13)11-15(6-4-2)17-20-12-16(21-17)18(19)9-10-18/h4,11-13,15H,2-3,5-10,19H2,1H3/b14-11+. The fraction of sp³-hybridized carbons (Fsp3) is 0.611. The van der Waals surface area contributed by atoms with E-state index in [0.717, 1.165) is 25.2 Å². The second-order valence-corrected chi connectivity index (χ2v) is 7.68. The van der Waals surface area contributed by atoms with Gasteiger partial charge in [-0.1, -0.05) is 31.1 Å². The number of aromatic nitrogens is 1. The molecule has 0 aliphatic heterocycles. The van der Waals surface area contributed by atoms with Crippen LogP contribution in [0.2, 0.25) is 0 Å². The molecule has 2 aliphatic carbocycles. The van der Waals surface area contributed by atoms with Crippen molar-refractivity contribution in [1.82, 2.24) is 4.98 Å². The van der Waals surface area contributed by atoms with Crippen molar-refractivity contribution in [3.8, 4) is 0 Å². The maximum atomic E-state index is 6.30. The van der Waals surface area contributed by atoms with Crippen molar-refractivity contribution >= 4 is 11.3 Å². The molecule has 0 amide bonds. The lowest BCUT2D eigenvalue weighted by molar-refractivity contribution is 0.755. The summed E-state index contributed by atoms with van der Waals surface area (Å²) in [4.78, 5) is 5.95. The van der Waals surface area contributed by atoms with Gasteiger partial charge in [0.1, 0.15) is 0 Å². The number of nitrogens with two attached hydrogens (primary N) is 1. The van der Waals surface area contributed by atoms with E-state index in [1.165, 1.54) is 35.6 Å². The van der Waals surface area contributed by atoms with Crippen LogP contribution >= 0.6 is 11.3 Å². The Labute approximate surface area is 132 Å². The molecule has 21 heavy (non-hydrogen) atoms. The van der Waals surface area contributed by atoms with Gasteiger partial charge in [-0.05, 0) is 44.4 Å². The monoisotopic (exact) mass is 302 g/mol. The van der Waals surface area contributed by atoms with Crippen LogP contribution in [0.15, 0.2) is 30.5 Å². The lowest BCUT2D eigenvalue weighted by Gasteiger charge is -2.12. The molecule has 1 atom stereocenters. The Hall–Kier alpha value is -0.930. The zero-order valence-corrected chi connectivity index (χ0v) is 13.8. The van der Waals surface area contributed by atoms with Gasteiger partial charge in [0, 0.05) is 17.0 Å². The second-order valence-electron chi connectivity index (χ2n) is 6.62. The van der Waals surface area contributed by atoms with Crippen molar-refractivity contribution in [2.45, 2.75) is 63.3 Å². The highest BCUT2D eigenvalue weighted by atomic mass is 32.1. The van der Waals surface area contributed by atoms with Crippen LogP contribution in [0.4, 0.5) is 0 Å². The quantitative estimate of drug-likeness (QED) is 0.695. The summed E-state index contributed by atoms with van der Waals surface area (Å²) in [6.07, 6.45) is 14.9. The zero-order valence-electron chi connectivity index (χ0n) is 13.0. The molecular formula is C18H26N2S. The molecule has 114 valence electrons. The van der Waals surface area contributed by atoms with Gasteiger partial charge in [0.25, 0.3) is 0 Å². The molecule has 0 aromatic carbocycles. The molecule has 2 fully saturated rings. The number of nitrogens with zero attached hydrogens (tertiary/aromatic N) is 1. The average Bonchev–Trinajstić information content (AvgIpc) is 3.38. The first-order valence-electron chi connectivity index (χ1n) is 8.23. The zero-order chi connectivity index (χ0) is 14.9. The number of rotatable bonds is 8. The van der Waals surface area contributed by atoms with Crippen LogP contribution in [0, 0.1) is 5.92 Å². The summed E-state index contributed by atoms with van der Waals surface area (Å²) >= 11 is 1.81. The third-order valence-electron chi connectivity index (χ3n) is 4.60. The van der Waals surface area contributed by atoms with E-state index in [4.69, 9.17) is 5.73 Å². The Morgan fingerprint density at radius 3 is 2.90 bits per heavy atom. The van der Waals surface area contributed by atoms with Crippen LogP contribution < -0.4 is 5.73 Å². The van der Waals surface area contributed by atoms with Crippen LogP contribution in [-0.4, -0.2) is 4.98 Å². The molecule has 2 nitrogen and oxygen atoms in total. The second kappa shape index (κ2) is 6.05. The van der Waals surface area contributed by atoms with Crippen molar-refractivity contribution in [3.05, 3.63) is 40.4 Å². The number of hydrogen-bond donors (Lipinski definition) is 1. The largest absolute Gasteiger partial charge is 0.321 e. The van der Waals surface area contributed by atoms with Crippen molar-refractivity contribution in [3.63, 3.8) is 0 Å². The molecular weight excluding hydrogens is 276 g/mol. The number of allylic oxidation sites excluding steroid dienone is 3. The summed E-state index contributed by atoms with van der Waals surface area (Å²) in [5.41, 5.74) is 7.89. The van der Waals surface area contributed by atoms with E-state index in [0.29, 0.717) is 5.92 Å². The molecule has 0 bridgehead atoms. The predicted octanol–water partition coefficient (Wildman–Crippen LogP) is 4.89. The Kier molecular flexibility index (Phi) is 4.32. The molecule has 3 rings (SSSR count). The summed E-state index contributed by atoms with van der Waals surface area (Å²) < 4.78 is 0. The first-order chi connectivity index (χ1) is 10.2. The molecule has 1 aromatic rings. The normalized spacial score (nSPS) is 22.1. The molecule has 1 unspecified atom stereocenters. The van der Waals surface area contributed by atoms with Gasteiger partial charge in [0.2, 0.25) is 0 Å². The molecule has 2 saturated carbocycles. The lowest BCUT2D eigenvalue weighted by atomic mass is 9.97. The summed E-state index contributed by atoms with van der Waals surface area (Å²) in [6.45, 7) is 6.20. The Morgan fingerprint density at radius 1 is 1.57 bits per heavy atom. The molecule has 0 radical (unpaired) electrons. The van der Waals surface area contributed by atoms with Crippen LogP contribution in [-0.2, 0) is 5.54 Å². The van der Waals surface area contributed by atoms with Crippen LogP contribution in [0.1, 0.15) is 67.7 Å². The lowest BCUT2D eigenvalue weighted by Crippen LogP contribution is -2.16.